The summed E-state index contributed by atoms with van der Waals surface area (Å²) in [6, 6.07) is 21.2. The fraction of sp³-hybridized carbons (Fsp3) is 0.333. The van der Waals surface area contributed by atoms with Crippen LogP contribution in [0.5, 0.6) is 0 Å². The Morgan fingerprint density at radius 2 is 1.29 bits per heavy atom. The van der Waals surface area contributed by atoms with E-state index in [2.05, 4.69) is 48.5 Å². The van der Waals surface area contributed by atoms with Gasteiger partial charge in [0.25, 0.3) is 0 Å². The molecule has 0 spiro atoms. The Bertz CT molecular complexity index is 691. The first-order valence-corrected chi connectivity index (χ1v) is 9.80. The summed E-state index contributed by atoms with van der Waals surface area (Å²) in [7, 11) is -3.08. The second-order valence-electron chi connectivity index (χ2n) is 6.07. The minimum atomic E-state index is -3.08. The van der Waals surface area contributed by atoms with Crippen LogP contribution in [0.25, 0.3) is 0 Å². The Morgan fingerprint density at radius 1 is 0.875 bits per heavy atom. The molecule has 1 aliphatic heterocycles. The molecule has 0 bridgehead atoms. The zero-order chi connectivity index (χ0) is 16.3. The van der Waals surface area contributed by atoms with Crippen molar-refractivity contribution in [2.45, 2.75) is 6.04 Å². The largest absolute Gasteiger partial charge is 1.00 e. The van der Waals surface area contributed by atoms with E-state index in [0.717, 1.165) is 13.1 Å². The van der Waals surface area contributed by atoms with Gasteiger partial charge in [0.15, 0.2) is 0 Å². The van der Waals surface area contributed by atoms with Gasteiger partial charge in [-0.15, -0.1) is 0 Å². The van der Waals surface area contributed by atoms with E-state index < -0.39 is 10.0 Å². The standard InChI is InChI=1S/C18H22N2O2S.ClH/c1-23(21,22)20-14-12-19(13-15-20)18(16-8-4-2-5-9-16)17-10-6-3-7-11-17;/h2-11,18H,12-15H2,1H3;1H. The van der Waals surface area contributed by atoms with Crippen molar-refractivity contribution in [2.24, 2.45) is 0 Å². The number of sulfonamides is 1. The van der Waals surface area contributed by atoms with Crippen molar-refractivity contribution in [3.8, 4) is 0 Å². The van der Waals surface area contributed by atoms with Gasteiger partial charge in [-0.05, 0) is 0 Å². The van der Waals surface area contributed by atoms with Gasteiger partial charge in [0.05, 0.1) is 32.4 Å². The highest BCUT2D eigenvalue weighted by molar-refractivity contribution is 7.88. The minimum absolute atomic E-state index is 0. The van der Waals surface area contributed by atoms with Gasteiger partial charge in [0, 0.05) is 11.1 Å². The van der Waals surface area contributed by atoms with E-state index in [0.29, 0.717) is 13.1 Å². The molecule has 1 saturated heterocycles. The van der Waals surface area contributed by atoms with Gasteiger partial charge < -0.3 is 17.3 Å². The van der Waals surface area contributed by atoms with Crippen molar-refractivity contribution in [3.63, 3.8) is 0 Å². The van der Waals surface area contributed by atoms with E-state index in [9.17, 15) is 8.42 Å². The molecule has 0 unspecified atom stereocenters. The van der Waals surface area contributed by atoms with Crippen LogP contribution in [0, 0.1) is 0 Å². The van der Waals surface area contributed by atoms with Crippen molar-refractivity contribution in [1.29, 1.82) is 0 Å². The van der Waals surface area contributed by atoms with Gasteiger partial charge in [0.2, 0.25) is 10.0 Å². The Hall–Kier alpha value is -1.40. The maximum Gasteiger partial charge on any atom is 0.211 e. The number of piperazine rings is 1. The summed E-state index contributed by atoms with van der Waals surface area (Å²) in [5, 5.41) is 0. The minimum Gasteiger partial charge on any atom is -1.00 e. The van der Waals surface area contributed by atoms with E-state index in [1.807, 2.05) is 12.1 Å². The Kier molecular flexibility index (Phi) is 6.40. The molecule has 1 aliphatic rings. The van der Waals surface area contributed by atoms with Crippen molar-refractivity contribution < 1.29 is 25.7 Å². The van der Waals surface area contributed by atoms with E-state index >= 15 is 0 Å². The molecule has 0 aromatic heterocycles. The average Bonchev–Trinajstić information content (AvgIpc) is 2.57. The zero-order valence-electron chi connectivity index (χ0n) is 13.7. The number of benzene rings is 2. The highest BCUT2D eigenvalue weighted by atomic mass is 35.5. The number of hydrogen-bond acceptors (Lipinski definition) is 2. The first-order chi connectivity index (χ1) is 11.1. The summed E-state index contributed by atoms with van der Waals surface area (Å²) in [6.07, 6.45) is 1.30. The second-order valence-corrected chi connectivity index (χ2v) is 8.06. The third kappa shape index (κ3) is 4.36. The lowest BCUT2D eigenvalue weighted by molar-refractivity contribution is -0.929. The lowest BCUT2D eigenvalue weighted by Crippen LogP contribution is -3.15. The van der Waals surface area contributed by atoms with E-state index in [-0.39, 0.29) is 18.4 Å². The number of quaternary nitrogens is 1. The molecule has 24 heavy (non-hydrogen) atoms. The molecule has 1 N–H and O–H groups in total. The first kappa shape index (κ1) is 18.9. The fourth-order valence-electron chi connectivity index (χ4n) is 3.35. The van der Waals surface area contributed by atoms with Gasteiger partial charge in [-0.2, -0.15) is 4.31 Å². The summed E-state index contributed by atoms with van der Waals surface area (Å²) in [5.74, 6) is 0. The lowest BCUT2D eigenvalue weighted by Gasteiger charge is -2.36. The number of rotatable bonds is 4. The van der Waals surface area contributed by atoms with Crippen molar-refractivity contribution >= 4 is 10.0 Å². The highest BCUT2D eigenvalue weighted by Gasteiger charge is 2.32. The van der Waals surface area contributed by atoms with Crippen LogP contribution in [0.2, 0.25) is 0 Å². The quantitative estimate of drug-likeness (QED) is 0.676. The molecule has 1 heterocycles. The maximum absolute atomic E-state index is 11.7. The van der Waals surface area contributed by atoms with E-state index in [1.165, 1.54) is 22.3 Å². The first-order valence-electron chi connectivity index (χ1n) is 7.95. The predicted molar refractivity (Wildman–Crippen MR) is 91.8 cm³/mol. The average molecular weight is 367 g/mol. The summed E-state index contributed by atoms with van der Waals surface area (Å²) in [6.45, 7) is 2.82. The monoisotopic (exact) mass is 366 g/mol. The van der Waals surface area contributed by atoms with Crippen LogP contribution in [-0.2, 0) is 10.0 Å². The smallest absolute Gasteiger partial charge is 0.211 e. The molecule has 130 valence electrons. The maximum atomic E-state index is 11.7. The van der Waals surface area contributed by atoms with Crippen LogP contribution >= 0.6 is 0 Å². The van der Waals surface area contributed by atoms with Crippen LogP contribution in [0.3, 0.4) is 0 Å². The van der Waals surface area contributed by atoms with Crippen molar-refractivity contribution in [2.75, 3.05) is 32.4 Å². The van der Waals surface area contributed by atoms with Crippen LogP contribution in [0.4, 0.5) is 0 Å². The van der Waals surface area contributed by atoms with Crippen molar-refractivity contribution in [3.05, 3.63) is 71.8 Å². The van der Waals surface area contributed by atoms with Gasteiger partial charge in [-0.25, -0.2) is 8.42 Å². The van der Waals surface area contributed by atoms with Crippen molar-refractivity contribution in [1.82, 2.24) is 4.31 Å². The van der Waals surface area contributed by atoms with Gasteiger partial charge in [-0.1, -0.05) is 60.7 Å². The molecule has 3 rings (SSSR count). The molecule has 2 aromatic carbocycles. The second kappa shape index (κ2) is 8.12. The molecule has 0 aliphatic carbocycles. The number of hydrogen-bond donors (Lipinski definition) is 1. The van der Waals surface area contributed by atoms with Crippen LogP contribution < -0.4 is 17.3 Å². The summed E-state index contributed by atoms with van der Waals surface area (Å²) in [4.78, 5) is 1.42. The van der Waals surface area contributed by atoms with Gasteiger partial charge in [0.1, 0.15) is 6.04 Å². The summed E-state index contributed by atoms with van der Waals surface area (Å²) < 4.78 is 25.0. The van der Waals surface area contributed by atoms with Crippen LogP contribution in [-0.4, -0.2) is 45.2 Å². The Balaban J connectivity index is 0.00000208. The predicted octanol–water partition coefficient (Wildman–Crippen LogP) is -2.06. The normalized spacial score (nSPS) is 16.8. The number of halogens is 1. The molecule has 4 nitrogen and oxygen atoms in total. The topological polar surface area (TPSA) is 41.8 Å². The molecule has 2 aromatic rings. The molecule has 6 heteroatoms. The summed E-state index contributed by atoms with van der Waals surface area (Å²) >= 11 is 0. The summed E-state index contributed by atoms with van der Waals surface area (Å²) in [5.41, 5.74) is 2.56. The van der Waals surface area contributed by atoms with Gasteiger partial charge in [-0.3, -0.25) is 0 Å². The number of nitrogens with zero attached hydrogens (tertiary/aromatic N) is 1. The Labute approximate surface area is 150 Å². The lowest BCUT2D eigenvalue weighted by atomic mass is 9.96. The zero-order valence-corrected chi connectivity index (χ0v) is 15.3. The highest BCUT2D eigenvalue weighted by Crippen LogP contribution is 2.19. The van der Waals surface area contributed by atoms with Gasteiger partial charge >= 0.3 is 0 Å². The molecule has 1 fully saturated rings. The third-order valence-electron chi connectivity index (χ3n) is 4.51. The van der Waals surface area contributed by atoms with Crippen LogP contribution in [0.1, 0.15) is 17.2 Å². The van der Waals surface area contributed by atoms with E-state index in [4.69, 9.17) is 0 Å². The third-order valence-corrected chi connectivity index (χ3v) is 5.81. The molecule has 0 atom stereocenters. The fourth-order valence-corrected chi connectivity index (χ4v) is 4.19. The molecular weight excluding hydrogens is 344 g/mol. The molecule has 0 radical (unpaired) electrons. The molecular formula is C18H23ClN2O2S. The van der Waals surface area contributed by atoms with Crippen LogP contribution in [0.15, 0.2) is 60.7 Å². The molecule has 0 amide bonds. The Morgan fingerprint density at radius 3 is 1.67 bits per heavy atom. The number of nitrogens with one attached hydrogen (secondary N) is 1. The SMILES string of the molecule is CS(=O)(=O)N1CC[NH+](C(c2ccccc2)c2ccccc2)CC1.[Cl-]. The van der Waals surface area contributed by atoms with E-state index in [1.54, 1.807) is 4.31 Å². The molecule has 0 saturated carbocycles.